The maximum atomic E-state index is 12.5. The maximum Gasteiger partial charge on any atom is 0.274 e. The Balaban J connectivity index is 1.31. The number of imide groups is 1. The van der Waals surface area contributed by atoms with Gasteiger partial charge in [-0.25, -0.2) is 9.97 Å². The molecule has 0 spiro atoms. The summed E-state index contributed by atoms with van der Waals surface area (Å²) in [5.74, 6) is 1.06. The van der Waals surface area contributed by atoms with Crippen molar-refractivity contribution >= 4 is 50.5 Å². The first-order valence-corrected chi connectivity index (χ1v) is 14.4. The molecule has 10 heteroatoms. The van der Waals surface area contributed by atoms with Gasteiger partial charge in [0, 0.05) is 40.5 Å². The van der Waals surface area contributed by atoms with Gasteiger partial charge in [-0.05, 0) is 61.5 Å². The van der Waals surface area contributed by atoms with E-state index in [1.54, 1.807) is 23.3 Å². The Morgan fingerprint density at radius 3 is 2.68 bits per heavy atom. The zero-order valence-electron chi connectivity index (χ0n) is 20.9. The number of benzene rings is 1. The molecule has 2 aliphatic heterocycles. The summed E-state index contributed by atoms with van der Waals surface area (Å²) in [7, 11) is 1.75. The third-order valence-corrected chi connectivity index (χ3v) is 8.65. The summed E-state index contributed by atoms with van der Waals surface area (Å²) in [6.07, 6.45) is 6.05. The number of hydrogen-bond donors (Lipinski definition) is 2. The fraction of sp³-hybridized carbons (Fsp3) is 0.286. The summed E-state index contributed by atoms with van der Waals surface area (Å²) < 4.78 is 6.00. The Labute approximate surface area is 228 Å². The van der Waals surface area contributed by atoms with Crippen LogP contribution in [0, 0.1) is 0 Å². The van der Waals surface area contributed by atoms with Gasteiger partial charge in [-0.2, -0.15) is 0 Å². The van der Waals surface area contributed by atoms with Crippen LogP contribution in [0.3, 0.4) is 0 Å². The summed E-state index contributed by atoms with van der Waals surface area (Å²) in [6, 6.07) is 12.4. The minimum Gasteiger partial charge on any atom is -0.494 e. The molecule has 1 fully saturated rings. The Morgan fingerprint density at radius 2 is 1.97 bits per heavy atom. The molecule has 3 aromatic heterocycles. The molecule has 4 aromatic rings. The normalized spacial score (nSPS) is 17.5. The minimum absolute atomic E-state index is 0.250. The lowest BCUT2D eigenvalue weighted by Gasteiger charge is -2.23. The monoisotopic (exact) mass is 545 g/mol. The van der Waals surface area contributed by atoms with Crippen LogP contribution in [0.5, 0.6) is 5.75 Å². The number of thiophene rings is 2. The lowest BCUT2D eigenvalue weighted by Crippen LogP contribution is -2.35. The molecule has 1 aromatic carbocycles. The van der Waals surface area contributed by atoms with Crippen molar-refractivity contribution in [2.75, 3.05) is 25.1 Å². The molecule has 0 radical (unpaired) electrons. The standard InChI is InChI=1S/C28H27N5O3S2/c1-33(21-15-23(34)30-27(21)35)26-24-20(22-6-4-14-37-22)16-38-28(24)32-25(31-26)17-7-9-19(10-8-17)36-13-11-18-5-2-3-12-29-18/h4,6-10,14-16,18,29H,2-3,5,11-13H2,1H3,(H,30,34,35). The number of nitrogens with one attached hydrogen (secondary N) is 2. The van der Waals surface area contributed by atoms with Gasteiger partial charge in [0.2, 0.25) is 0 Å². The molecule has 2 amide bonds. The summed E-state index contributed by atoms with van der Waals surface area (Å²) in [5, 5.41) is 10.8. The molecule has 6 rings (SSSR count). The van der Waals surface area contributed by atoms with Crippen LogP contribution in [-0.2, 0) is 9.59 Å². The van der Waals surface area contributed by atoms with Crippen LogP contribution in [0.25, 0.3) is 32.0 Å². The second-order valence-corrected chi connectivity index (χ2v) is 11.2. The number of anilines is 1. The number of hydrogen-bond acceptors (Lipinski definition) is 9. The number of rotatable bonds is 8. The lowest BCUT2D eigenvalue weighted by atomic mass is 10.0. The van der Waals surface area contributed by atoms with E-state index in [2.05, 4.69) is 22.1 Å². The van der Waals surface area contributed by atoms with E-state index >= 15 is 0 Å². The highest BCUT2D eigenvalue weighted by Crippen LogP contribution is 2.41. The molecular formula is C28H27N5O3S2. The lowest BCUT2D eigenvalue weighted by molar-refractivity contribution is -0.123. The van der Waals surface area contributed by atoms with Gasteiger partial charge in [-0.3, -0.25) is 14.9 Å². The molecule has 0 bridgehead atoms. The number of ether oxygens (including phenoxy) is 1. The van der Waals surface area contributed by atoms with Crippen molar-refractivity contribution in [3.05, 3.63) is 58.9 Å². The number of amides is 2. The SMILES string of the molecule is CN(C1=CC(=O)NC1=O)c1nc(-c2ccc(OCCC3CCCCN3)cc2)nc2scc(-c3cccs3)c12. The van der Waals surface area contributed by atoms with Crippen molar-refractivity contribution in [1.82, 2.24) is 20.6 Å². The molecule has 38 heavy (non-hydrogen) atoms. The summed E-state index contributed by atoms with van der Waals surface area (Å²) >= 11 is 3.17. The first kappa shape index (κ1) is 24.7. The number of carbonyl (C=O) groups excluding carboxylic acids is 2. The molecule has 1 atom stereocenters. The van der Waals surface area contributed by atoms with Crippen LogP contribution < -0.4 is 20.3 Å². The van der Waals surface area contributed by atoms with Crippen LogP contribution in [0.4, 0.5) is 5.82 Å². The highest BCUT2D eigenvalue weighted by molar-refractivity contribution is 7.18. The molecule has 0 aliphatic carbocycles. The fourth-order valence-electron chi connectivity index (χ4n) is 4.86. The predicted octanol–water partition coefficient (Wildman–Crippen LogP) is 4.97. The number of likely N-dealkylation sites (N-methyl/N-ethyl adjacent to an activating group) is 1. The van der Waals surface area contributed by atoms with Crippen LogP contribution in [0.2, 0.25) is 0 Å². The number of aromatic nitrogens is 2. The van der Waals surface area contributed by atoms with E-state index in [0.717, 1.165) is 44.9 Å². The molecule has 8 nitrogen and oxygen atoms in total. The van der Waals surface area contributed by atoms with Crippen molar-refractivity contribution in [2.45, 2.75) is 31.7 Å². The Kier molecular flexibility index (Phi) is 6.92. The van der Waals surface area contributed by atoms with E-state index in [0.29, 0.717) is 24.3 Å². The van der Waals surface area contributed by atoms with Crippen LogP contribution >= 0.6 is 22.7 Å². The van der Waals surface area contributed by atoms with Crippen molar-refractivity contribution in [3.8, 4) is 27.6 Å². The van der Waals surface area contributed by atoms with Gasteiger partial charge in [0.1, 0.15) is 22.1 Å². The van der Waals surface area contributed by atoms with E-state index < -0.39 is 11.8 Å². The van der Waals surface area contributed by atoms with E-state index in [9.17, 15) is 9.59 Å². The van der Waals surface area contributed by atoms with E-state index in [1.807, 2.05) is 35.7 Å². The largest absolute Gasteiger partial charge is 0.494 e. The number of fused-ring (bicyclic) bond motifs is 1. The topological polar surface area (TPSA) is 96.5 Å². The summed E-state index contributed by atoms with van der Waals surface area (Å²) in [6.45, 7) is 1.77. The third kappa shape index (κ3) is 4.94. The van der Waals surface area contributed by atoms with Gasteiger partial charge in [-0.1, -0.05) is 12.5 Å². The van der Waals surface area contributed by atoms with Gasteiger partial charge in [-0.15, -0.1) is 22.7 Å². The molecule has 194 valence electrons. The van der Waals surface area contributed by atoms with Crippen LogP contribution in [0.15, 0.2) is 58.9 Å². The molecule has 5 heterocycles. The second kappa shape index (κ2) is 10.6. The molecule has 2 aliphatic rings. The second-order valence-electron chi connectivity index (χ2n) is 9.39. The van der Waals surface area contributed by atoms with Gasteiger partial charge < -0.3 is 15.0 Å². The average Bonchev–Trinajstić information content (AvgIpc) is 3.68. The van der Waals surface area contributed by atoms with E-state index in [-0.39, 0.29) is 5.70 Å². The molecule has 1 saturated heterocycles. The maximum absolute atomic E-state index is 12.5. The predicted molar refractivity (Wildman–Crippen MR) is 152 cm³/mol. The zero-order valence-corrected chi connectivity index (χ0v) is 22.5. The highest BCUT2D eigenvalue weighted by atomic mass is 32.1. The number of piperidine rings is 1. The van der Waals surface area contributed by atoms with Gasteiger partial charge in [0.25, 0.3) is 11.8 Å². The van der Waals surface area contributed by atoms with Crippen molar-refractivity contribution in [3.63, 3.8) is 0 Å². The van der Waals surface area contributed by atoms with Crippen molar-refractivity contribution in [1.29, 1.82) is 0 Å². The smallest absolute Gasteiger partial charge is 0.274 e. The number of carbonyl (C=O) groups is 2. The Hall–Kier alpha value is -3.60. The molecule has 1 unspecified atom stereocenters. The van der Waals surface area contributed by atoms with Gasteiger partial charge >= 0.3 is 0 Å². The first-order chi connectivity index (χ1) is 18.6. The summed E-state index contributed by atoms with van der Waals surface area (Å²) in [5.41, 5.74) is 2.10. The zero-order chi connectivity index (χ0) is 26.1. The van der Waals surface area contributed by atoms with E-state index in [1.165, 1.54) is 36.7 Å². The highest BCUT2D eigenvalue weighted by Gasteiger charge is 2.28. The van der Waals surface area contributed by atoms with Gasteiger partial charge in [0.15, 0.2) is 5.82 Å². The Bertz CT molecular complexity index is 1510. The van der Waals surface area contributed by atoms with Crippen molar-refractivity contribution < 1.29 is 14.3 Å². The van der Waals surface area contributed by atoms with Crippen LogP contribution in [0.1, 0.15) is 25.7 Å². The summed E-state index contributed by atoms with van der Waals surface area (Å²) in [4.78, 5) is 37.7. The Morgan fingerprint density at radius 1 is 1.11 bits per heavy atom. The molecule has 0 saturated carbocycles. The van der Waals surface area contributed by atoms with Crippen molar-refractivity contribution in [2.24, 2.45) is 0 Å². The quantitative estimate of drug-likeness (QED) is 0.302. The third-order valence-electron chi connectivity index (χ3n) is 6.88. The average molecular weight is 546 g/mol. The molecule has 2 N–H and O–H groups in total. The number of nitrogens with zero attached hydrogens (tertiary/aromatic N) is 3. The minimum atomic E-state index is -0.441. The molecular weight excluding hydrogens is 518 g/mol. The first-order valence-electron chi connectivity index (χ1n) is 12.7. The van der Waals surface area contributed by atoms with E-state index in [4.69, 9.17) is 14.7 Å². The fourth-order valence-corrected chi connectivity index (χ4v) is 6.62. The van der Waals surface area contributed by atoms with Gasteiger partial charge in [0.05, 0.1) is 12.0 Å². The van der Waals surface area contributed by atoms with Crippen LogP contribution in [-0.4, -0.2) is 48.0 Å².